The number of rotatable bonds is 6. The van der Waals surface area contributed by atoms with Crippen molar-refractivity contribution in [1.29, 1.82) is 0 Å². The second-order valence-corrected chi connectivity index (χ2v) is 9.84. The summed E-state index contributed by atoms with van der Waals surface area (Å²) in [5, 5.41) is 5.17. The zero-order chi connectivity index (χ0) is 22.0. The highest BCUT2D eigenvalue weighted by atomic mass is 32.1. The maximum Gasteiger partial charge on any atom is 0.278 e. The number of nitrogens with one attached hydrogen (secondary N) is 1. The number of thiophene rings is 1. The van der Waals surface area contributed by atoms with Crippen molar-refractivity contribution in [3.63, 3.8) is 0 Å². The Morgan fingerprint density at radius 1 is 1.00 bits per heavy atom. The Balaban J connectivity index is 1.56. The Kier molecular flexibility index (Phi) is 6.27. The van der Waals surface area contributed by atoms with Crippen LogP contribution < -0.4 is 5.32 Å². The first-order valence-corrected chi connectivity index (χ1v) is 11.5. The first-order valence-electron chi connectivity index (χ1n) is 10.7. The standard InChI is InChI=1S/C24H29N3O3S/c1-24(2,3)17-6-8-18(9-7-17)25-21-20(19-5-4-16-31-19)22(28)27(23(21)29)11-10-26-12-14-30-15-13-26/h4-9,16,25H,10-15H2,1-3H3. The molecule has 2 aromatic rings. The zero-order valence-electron chi connectivity index (χ0n) is 18.3. The molecule has 1 fully saturated rings. The first-order chi connectivity index (χ1) is 14.8. The molecule has 164 valence electrons. The van der Waals surface area contributed by atoms with Crippen LogP contribution in [0.3, 0.4) is 0 Å². The monoisotopic (exact) mass is 439 g/mol. The third-order valence-electron chi connectivity index (χ3n) is 5.70. The fraction of sp³-hybridized carbons (Fsp3) is 0.417. The largest absolute Gasteiger partial charge is 0.379 e. The van der Waals surface area contributed by atoms with E-state index in [1.54, 1.807) is 0 Å². The number of anilines is 1. The lowest BCUT2D eigenvalue weighted by atomic mass is 9.87. The van der Waals surface area contributed by atoms with Crippen molar-refractivity contribution in [1.82, 2.24) is 9.80 Å². The average molecular weight is 440 g/mol. The summed E-state index contributed by atoms with van der Waals surface area (Å²) in [4.78, 5) is 30.9. The molecule has 0 unspecified atom stereocenters. The van der Waals surface area contributed by atoms with E-state index in [0.29, 0.717) is 37.6 Å². The molecular formula is C24H29N3O3S. The molecule has 0 radical (unpaired) electrons. The summed E-state index contributed by atoms with van der Waals surface area (Å²) < 4.78 is 5.39. The Labute approximate surface area is 187 Å². The van der Waals surface area contributed by atoms with Crippen molar-refractivity contribution in [2.24, 2.45) is 0 Å². The number of carbonyl (C=O) groups excluding carboxylic acids is 2. The highest BCUT2D eigenvalue weighted by Gasteiger charge is 2.39. The number of hydrogen-bond acceptors (Lipinski definition) is 6. The highest BCUT2D eigenvalue weighted by Crippen LogP contribution is 2.33. The topological polar surface area (TPSA) is 61.9 Å². The summed E-state index contributed by atoms with van der Waals surface area (Å²) in [6.45, 7) is 10.6. The van der Waals surface area contributed by atoms with Crippen LogP contribution in [-0.4, -0.2) is 61.0 Å². The summed E-state index contributed by atoms with van der Waals surface area (Å²) in [6.07, 6.45) is 0. The maximum atomic E-state index is 13.3. The van der Waals surface area contributed by atoms with Crippen LogP contribution in [0, 0.1) is 0 Å². The number of imide groups is 1. The SMILES string of the molecule is CC(C)(C)c1ccc(NC2=C(c3cccs3)C(=O)N(CCN3CCOCC3)C2=O)cc1. The van der Waals surface area contributed by atoms with Crippen LogP contribution in [0.15, 0.2) is 47.5 Å². The van der Waals surface area contributed by atoms with Crippen molar-refractivity contribution in [3.05, 3.63) is 57.9 Å². The molecule has 7 heteroatoms. The summed E-state index contributed by atoms with van der Waals surface area (Å²) >= 11 is 1.47. The van der Waals surface area contributed by atoms with E-state index in [4.69, 9.17) is 4.74 Å². The fourth-order valence-electron chi connectivity index (χ4n) is 3.81. The van der Waals surface area contributed by atoms with E-state index in [1.165, 1.54) is 21.8 Å². The van der Waals surface area contributed by atoms with Gasteiger partial charge >= 0.3 is 0 Å². The predicted octanol–water partition coefficient (Wildman–Crippen LogP) is 3.57. The fourth-order valence-corrected chi connectivity index (χ4v) is 4.58. The molecule has 4 rings (SSSR count). The smallest absolute Gasteiger partial charge is 0.278 e. The van der Waals surface area contributed by atoms with Gasteiger partial charge in [-0.2, -0.15) is 0 Å². The molecule has 2 aliphatic rings. The number of carbonyl (C=O) groups is 2. The summed E-state index contributed by atoms with van der Waals surface area (Å²) in [5.41, 5.74) is 2.88. The third kappa shape index (κ3) is 4.74. The molecule has 0 spiro atoms. The van der Waals surface area contributed by atoms with E-state index in [0.717, 1.165) is 23.7 Å². The van der Waals surface area contributed by atoms with E-state index in [1.807, 2.05) is 29.6 Å². The molecule has 1 aromatic heterocycles. The second kappa shape index (κ2) is 8.94. The number of ether oxygens (including phenoxy) is 1. The van der Waals surface area contributed by atoms with Crippen molar-refractivity contribution < 1.29 is 14.3 Å². The van der Waals surface area contributed by atoms with Gasteiger partial charge in [0.15, 0.2) is 0 Å². The molecule has 2 amide bonds. The van der Waals surface area contributed by atoms with Crippen LogP contribution >= 0.6 is 11.3 Å². The number of benzene rings is 1. The molecule has 3 heterocycles. The molecule has 1 saturated heterocycles. The van der Waals surface area contributed by atoms with Crippen molar-refractivity contribution in [2.45, 2.75) is 26.2 Å². The van der Waals surface area contributed by atoms with Gasteiger partial charge in [-0.15, -0.1) is 11.3 Å². The lowest BCUT2D eigenvalue weighted by Gasteiger charge is -2.28. The van der Waals surface area contributed by atoms with Crippen LogP contribution in [0.25, 0.3) is 5.57 Å². The van der Waals surface area contributed by atoms with Gasteiger partial charge in [0.25, 0.3) is 11.8 Å². The number of amides is 2. The summed E-state index contributed by atoms with van der Waals surface area (Å²) in [7, 11) is 0. The van der Waals surface area contributed by atoms with Gasteiger partial charge in [-0.25, -0.2) is 0 Å². The first kappa shape index (κ1) is 21.7. The number of morpholine rings is 1. The molecule has 2 aliphatic heterocycles. The van der Waals surface area contributed by atoms with Gasteiger partial charge in [0.05, 0.1) is 18.8 Å². The molecule has 1 N–H and O–H groups in total. The van der Waals surface area contributed by atoms with Gasteiger partial charge < -0.3 is 10.1 Å². The van der Waals surface area contributed by atoms with Crippen LogP contribution in [-0.2, 0) is 19.7 Å². The Bertz CT molecular complexity index is 968. The molecule has 6 nitrogen and oxygen atoms in total. The maximum absolute atomic E-state index is 13.3. The molecule has 1 aromatic carbocycles. The minimum absolute atomic E-state index is 0.0510. The average Bonchev–Trinajstić information content (AvgIpc) is 3.35. The van der Waals surface area contributed by atoms with Gasteiger partial charge in [-0.3, -0.25) is 19.4 Å². The number of hydrogen-bond donors (Lipinski definition) is 1. The van der Waals surface area contributed by atoms with Gasteiger partial charge in [0, 0.05) is 36.7 Å². The number of nitrogens with zero attached hydrogens (tertiary/aromatic N) is 2. The lowest BCUT2D eigenvalue weighted by Crippen LogP contribution is -2.43. The van der Waals surface area contributed by atoms with E-state index >= 15 is 0 Å². The quantitative estimate of drug-likeness (QED) is 0.698. The van der Waals surface area contributed by atoms with Crippen LogP contribution in [0.5, 0.6) is 0 Å². The zero-order valence-corrected chi connectivity index (χ0v) is 19.1. The molecule has 0 aliphatic carbocycles. The second-order valence-electron chi connectivity index (χ2n) is 8.90. The predicted molar refractivity (Wildman–Crippen MR) is 124 cm³/mol. The van der Waals surface area contributed by atoms with Crippen LogP contribution in [0.4, 0.5) is 5.69 Å². The highest BCUT2D eigenvalue weighted by molar-refractivity contribution is 7.11. The van der Waals surface area contributed by atoms with Gasteiger partial charge in [-0.1, -0.05) is 39.0 Å². The Morgan fingerprint density at radius 3 is 2.32 bits per heavy atom. The van der Waals surface area contributed by atoms with E-state index in [-0.39, 0.29) is 17.2 Å². The Morgan fingerprint density at radius 2 is 1.71 bits per heavy atom. The molecular weight excluding hydrogens is 410 g/mol. The van der Waals surface area contributed by atoms with E-state index < -0.39 is 0 Å². The summed E-state index contributed by atoms with van der Waals surface area (Å²) in [5.74, 6) is -0.490. The molecule has 31 heavy (non-hydrogen) atoms. The minimum atomic E-state index is -0.262. The Hall–Kier alpha value is -2.48. The molecule has 0 saturated carbocycles. The molecule has 0 bridgehead atoms. The van der Waals surface area contributed by atoms with Gasteiger partial charge in [0.1, 0.15) is 5.70 Å². The van der Waals surface area contributed by atoms with Gasteiger partial charge in [0.2, 0.25) is 0 Å². The normalized spacial score (nSPS) is 18.2. The van der Waals surface area contributed by atoms with Crippen molar-refractivity contribution >= 4 is 34.4 Å². The third-order valence-corrected chi connectivity index (χ3v) is 6.59. The minimum Gasteiger partial charge on any atom is -0.379 e. The van der Waals surface area contributed by atoms with E-state index in [9.17, 15) is 9.59 Å². The van der Waals surface area contributed by atoms with Gasteiger partial charge in [-0.05, 0) is 34.6 Å². The van der Waals surface area contributed by atoms with E-state index in [2.05, 4.69) is 43.1 Å². The van der Waals surface area contributed by atoms with Crippen molar-refractivity contribution in [2.75, 3.05) is 44.7 Å². The van der Waals surface area contributed by atoms with Crippen LogP contribution in [0.2, 0.25) is 0 Å². The molecule has 0 atom stereocenters. The van der Waals surface area contributed by atoms with Crippen molar-refractivity contribution in [3.8, 4) is 0 Å². The van der Waals surface area contributed by atoms with Crippen LogP contribution in [0.1, 0.15) is 31.2 Å². The summed E-state index contributed by atoms with van der Waals surface area (Å²) in [6, 6.07) is 11.8. The lowest BCUT2D eigenvalue weighted by molar-refractivity contribution is -0.137.